The summed E-state index contributed by atoms with van der Waals surface area (Å²) in [4.78, 5) is 17.4. The van der Waals surface area contributed by atoms with Crippen molar-refractivity contribution >= 4 is 22.2 Å². The number of hydrogen-bond acceptors (Lipinski definition) is 4. The first-order chi connectivity index (χ1) is 9.20. The van der Waals surface area contributed by atoms with Gasteiger partial charge in [-0.15, -0.1) is 11.3 Å². The molecule has 2 heterocycles. The molecule has 1 amide bonds. The molecule has 3 rings (SSSR count). The number of amides is 1. The van der Waals surface area contributed by atoms with E-state index in [-0.39, 0.29) is 12.5 Å². The first kappa shape index (κ1) is 13.1. The number of thiophene rings is 1. The van der Waals surface area contributed by atoms with E-state index in [1.807, 2.05) is 16.2 Å². The van der Waals surface area contributed by atoms with E-state index in [1.165, 1.54) is 35.3 Å². The number of rotatable bonds is 2. The first-order valence-corrected chi connectivity index (χ1v) is 7.77. The van der Waals surface area contributed by atoms with Crippen molar-refractivity contribution in [3.8, 4) is 0 Å². The number of nitrogens with zero attached hydrogens (tertiary/aromatic N) is 2. The van der Waals surface area contributed by atoms with Crippen molar-refractivity contribution in [2.45, 2.75) is 39.2 Å². The fourth-order valence-electron chi connectivity index (χ4n) is 3.07. The zero-order chi connectivity index (χ0) is 13.4. The third kappa shape index (κ3) is 2.30. The zero-order valence-electron chi connectivity index (χ0n) is 11.3. The average Bonchev–Trinajstić information content (AvgIpc) is 2.77. The second kappa shape index (κ2) is 5.23. The van der Waals surface area contributed by atoms with Gasteiger partial charge >= 0.3 is 0 Å². The third-order valence-corrected chi connectivity index (χ3v) is 5.38. The summed E-state index contributed by atoms with van der Waals surface area (Å²) in [5.41, 5.74) is 2.83. The minimum Gasteiger partial charge on any atom is -0.395 e. The molecule has 0 saturated carbocycles. The SMILES string of the molecule is CC(=O)N1CN(CCO)Cc2c1sc1c2CCCC1. The number of hydrogen-bond donors (Lipinski definition) is 1. The number of β-amino-alcohol motifs (C(OH)–C–C–N with tert-alkyl or cyclic N) is 1. The normalized spacial score (nSPS) is 19.2. The van der Waals surface area contributed by atoms with E-state index in [2.05, 4.69) is 4.90 Å². The Hall–Kier alpha value is -0.910. The van der Waals surface area contributed by atoms with Gasteiger partial charge < -0.3 is 5.11 Å². The van der Waals surface area contributed by atoms with Gasteiger partial charge in [0, 0.05) is 30.5 Å². The molecule has 4 nitrogen and oxygen atoms in total. The quantitative estimate of drug-likeness (QED) is 0.897. The molecule has 1 N–H and O–H groups in total. The molecule has 1 aromatic rings. The van der Waals surface area contributed by atoms with Crippen molar-refractivity contribution in [2.75, 3.05) is 24.7 Å². The first-order valence-electron chi connectivity index (χ1n) is 6.95. The Bertz CT molecular complexity index is 498. The van der Waals surface area contributed by atoms with Crippen LogP contribution in [0.1, 0.15) is 35.8 Å². The highest BCUT2D eigenvalue weighted by atomic mass is 32.1. The molecule has 0 saturated heterocycles. The van der Waals surface area contributed by atoms with Crippen molar-refractivity contribution in [2.24, 2.45) is 0 Å². The molecule has 2 aliphatic rings. The smallest absolute Gasteiger partial charge is 0.225 e. The molecule has 0 fully saturated rings. The van der Waals surface area contributed by atoms with E-state index in [4.69, 9.17) is 5.11 Å². The Kier molecular flexibility index (Phi) is 3.60. The lowest BCUT2D eigenvalue weighted by Crippen LogP contribution is -2.45. The van der Waals surface area contributed by atoms with E-state index < -0.39 is 0 Å². The van der Waals surface area contributed by atoms with Crippen LogP contribution >= 0.6 is 11.3 Å². The van der Waals surface area contributed by atoms with E-state index in [0.717, 1.165) is 18.0 Å². The van der Waals surface area contributed by atoms with Crippen LogP contribution in [-0.4, -0.2) is 35.7 Å². The highest BCUT2D eigenvalue weighted by Gasteiger charge is 2.31. The number of aliphatic hydroxyl groups is 1. The fourth-order valence-corrected chi connectivity index (χ4v) is 4.51. The largest absolute Gasteiger partial charge is 0.395 e. The number of aliphatic hydroxyl groups excluding tert-OH is 1. The van der Waals surface area contributed by atoms with E-state index in [9.17, 15) is 4.79 Å². The van der Waals surface area contributed by atoms with Gasteiger partial charge in [0.05, 0.1) is 13.3 Å². The van der Waals surface area contributed by atoms with Crippen molar-refractivity contribution < 1.29 is 9.90 Å². The average molecular weight is 280 g/mol. The molecule has 1 aliphatic heterocycles. The Morgan fingerprint density at radius 2 is 2.11 bits per heavy atom. The summed E-state index contributed by atoms with van der Waals surface area (Å²) in [7, 11) is 0. The van der Waals surface area contributed by atoms with Crippen LogP contribution < -0.4 is 4.90 Å². The van der Waals surface area contributed by atoms with Crippen LogP contribution in [0, 0.1) is 0 Å². The maximum atomic E-state index is 11.9. The minimum atomic E-state index is 0.0995. The van der Waals surface area contributed by atoms with Gasteiger partial charge in [-0.3, -0.25) is 14.6 Å². The van der Waals surface area contributed by atoms with Gasteiger partial charge in [0.25, 0.3) is 0 Å². The Morgan fingerprint density at radius 3 is 2.84 bits per heavy atom. The summed E-state index contributed by atoms with van der Waals surface area (Å²) in [6.45, 7) is 3.90. The topological polar surface area (TPSA) is 43.8 Å². The predicted octanol–water partition coefficient (Wildman–Crippen LogP) is 1.75. The van der Waals surface area contributed by atoms with Gasteiger partial charge in [0.1, 0.15) is 5.00 Å². The van der Waals surface area contributed by atoms with Crippen LogP contribution in [0.3, 0.4) is 0 Å². The fraction of sp³-hybridized carbons (Fsp3) is 0.643. The minimum absolute atomic E-state index is 0.0995. The number of anilines is 1. The Morgan fingerprint density at radius 1 is 1.32 bits per heavy atom. The monoisotopic (exact) mass is 280 g/mol. The molecule has 104 valence electrons. The number of carbonyl (C=O) groups is 1. The second-order valence-electron chi connectivity index (χ2n) is 5.36. The molecule has 5 heteroatoms. The summed E-state index contributed by atoms with van der Waals surface area (Å²) in [5, 5.41) is 10.3. The summed E-state index contributed by atoms with van der Waals surface area (Å²) < 4.78 is 0. The molecule has 19 heavy (non-hydrogen) atoms. The maximum Gasteiger partial charge on any atom is 0.225 e. The van der Waals surface area contributed by atoms with Gasteiger partial charge in [0.15, 0.2) is 0 Å². The standard InChI is InChI=1S/C14H20N2O2S/c1-10(18)16-9-15(6-7-17)8-12-11-4-2-3-5-13(11)19-14(12)16/h17H,2-9H2,1H3. The molecule has 1 aliphatic carbocycles. The Labute approximate surface area is 117 Å². The van der Waals surface area contributed by atoms with Crippen LogP contribution in [-0.2, 0) is 24.2 Å². The van der Waals surface area contributed by atoms with Crippen LogP contribution in [0.15, 0.2) is 0 Å². The van der Waals surface area contributed by atoms with Gasteiger partial charge in [-0.1, -0.05) is 0 Å². The van der Waals surface area contributed by atoms with Crippen molar-refractivity contribution in [1.29, 1.82) is 0 Å². The van der Waals surface area contributed by atoms with Crippen molar-refractivity contribution in [3.05, 3.63) is 16.0 Å². The summed E-state index contributed by atoms with van der Waals surface area (Å²) in [5.74, 6) is 0.0995. The van der Waals surface area contributed by atoms with Crippen LogP contribution in [0.2, 0.25) is 0 Å². The van der Waals surface area contributed by atoms with Crippen LogP contribution in [0.4, 0.5) is 5.00 Å². The van der Waals surface area contributed by atoms with Gasteiger partial charge in [-0.2, -0.15) is 0 Å². The molecular weight excluding hydrogens is 260 g/mol. The molecule has 0 bridgehead atoms. The summed E-state index contributed by atoms with van der Waals surface area (Å²) in [6, 6.07) is 0. The lowest BCUT2D eigenvalue weighted by molar-refractivity contribution is -0.117. The van der Waals surface area contributed by atoms with Crippen LogP contribution in [0.25, 0.3) is 0 Å². The number of aryl methyl sites for hydroxylation is 1. The van der Waals surface area contributed by atoms with Gasteiger partial charge in [0.2, 0.25) is 5.91 Å². The predicted molar refractivity (Wildman–Crippen MR) is 76.5 cm³/mol. The zero-order valence-corrected chi connectivity index (χ0v) is 12.1. The van der Waals surface area contributed by atoms with Crippen molar-refractivity contribution in [3.63, 3.8) is 0 Å². The summed E-state index contributed by atoms with van der Waals surface area (Å²) >= 11 is 1.81. The molecule has 0 radical (unpaired) electrons. The second-order valence-corrected chi connectivity index (χ2v) is 6.44. The molecule has 0 spiro atoms. The molecule has 0 atom stereocenters. The molecular formula is C14H20N2O2S. The molecule has 0 aromatic carbocycles. The lowest BCUT2D eigenvalue weighted by atomic mass is 9.95. The van der Waals surface area contributed by atoms with E-state index in [0.29, 0.717) is 13.2 Å². The lowest BCUT2D eigenvalue weighted by Gasteiger charge is -2.35. The van der Waals surface area contributed by atoms with E-state index >= 15 is 0 Å². The number of fused-ring (bicyclic) bond motifs is 3. The van der Waals surface area contributed by atoms with Crippen molar-refractivity contribution in [1.82, 2.24) is 4.90 Å². The van der Waals surface area contributed by atoms with Gasteiger partial charge in [-0.25, -0.2) is 0 Å². The summed E-state index contributed by atoms with van der Waals surface area (Å²) in [6.07, 6.45) is 4.85. The maximum absolute atomic E-state index is 11.9. The highest BCUT2D eigenvalue weighted by Crippen LogP contribution is 2.42. The molecule has 1 aromatic heterocycles. The highest BCUT2D eigenvalue weighted by molar-refractivity contribution is 7.16. The van der Waals surface area contributed by atoms with E-state index in [1.54, 1.807) is 6.92 Å². The van der Waals surface area contributed by atoms with Crippen LogP contribution in [0.5, 0.6) is 0 Å². The number of carbonyl (C=O) groups excluding carboxylic acids is 1. The molecule has 0 unspecified atom stereocenters. The third-order valence-electron chi connectivity index (χ3n) is 4.02. The Balaban J connectivity index is 2.00. The van der Waals surface area contributed by atoms with Gasteiger partial charge in [-0.05, 0) is 31.2 Å².